The maximum Gasteiger partial charge on any atom is 0.341 e. The maximum absolute atomic E-state index is 12.4. The third-order valence-corrected chi connectivity index (χ3v) is 5.11. The second-order valence-corrected chi connectivity index (χ2v) is 6.72. The van der Waals surface area contributed by atoms with Crippen molar-refractivity contribution in [1.29, 1.82) is 0 Å². The molecule has 8 nitrogen and oxygen atoms in total. The van der Waals surface area contributed by atoms with Gasteiger partial charge in [0.1, 0.15) is 10.7 Å². The Balaban J connectivity index is 2.47. The summed E-state index contributed by atoms with van der Waals surface area (Å²) in [4.78, 5) is 36.1. The lowest BCUT2D eigenvalue weighted by Gasteiger charge is -2.06. The minimum atomic E-state index is -0.673. The second kappa shape index (κ2) is 6.66. The van der Waals surface area contributed by atoms with Crippen LogP contribution in [0, 0.1) is 10.5 Å². The molecule has 0 spiro atoms. The minimum Gasteiger partial charge on any atom is -0.465 e. The number of rotatable bonds is 4. The molecule has 2 aromatic rings. The quantitative estimate of drug-likeness (QED) is 0.544. The summed E-state index contributed by atoms with van der Waals surface area (Å²) < 4.78 is 6.79. The number of halogens is 1. The number of hydrogen-bond donors (Lipinski definition) is 2. The molecule has 0 atom stereocenters. The van der Waals surface area contributed by atoms with Crippen LogP contribution in [0.5, 0.6) is 0 Å². The van der Waals surface area contributed by atoms with E-state index in [2.05, 4.69) is 10.4 Å². The number of nitrogens with zero attached hydrogens (tertiary/aromatic N) is 2. The highest BCUT2D eigenvalue weighted by Crippen LogP contribution is 2.33. The largest absolute Gasteiger partial charge is 0.465 e. The molecule has 0 saturated carbocycles. The first-order valence-electron chi connectivity index (χ1n) is 6.28. The highest BCUT2D eigenvalue weighted by atomic mass is 127. The summed E-state index contributed by atoms with van der Waals surface area (Å²) in [6.07, 6.45) is 1.55. The van der Waals surface area contributed by atoms with E-state index in [1.54, 1.807) is 20.2 Å². The van der Waals surface area contributed by atoms with E-state index >= 15 is 0 Å². The molecule has 23 heavy (non-hydrogen) atoms. The van der Waals surface area contributed by atoms with Gasteiger partial charge < -0.3 is 15.8 Å². The third kappa shape index (κ3) is 3.22. The van der Waals surface area contributed by atoms with E-state index in [0.29, 0.717) is 14.8 Å². The van der Waals surface area contributed by atoms with Crippen molar-refractivity contribution in [3.63, 3.8) is 0 Å². The number of nitrogens with one attached hydrogen (secondary N) is 1. The predicted octanol–water partition coefficient (Wildman–Crippen LogP) is 1.53. The van der Waals surface area contributed by atoms with Crippen LogP contribution in [0.25, 0.3) is 0 Å². The number of aryl methyl sites for hydroxylation is 1. The number of nitrogens with two attached hydrogens (primary N) is 1. The van der Waals surface area contributed by atoms with E-state index in [9.17, 15) is 14.4 Å². The van der Waals surface area contributed by atoms with Crippen molar-refractivity contribution in [1.82, 2.24) is 9.78 Å². The van der Waals surface area contributed by atoms with Gasteiger partial charge in [-0.15, -0.1) is 11.3 Å². The van der Waals surface area contributed by atoms with Crippen molar-refractivity contribution >= 4 is 56.7 Å². The number of anilines is 1. The second-order valence-electron chi connectivity index (χ2n) is 4.53. The molecule has 2 rings (SSSR count). The summed E-state index contributed by atoms with van der Waals surface area (Å²) in [6.45, 7) is 1.58. The molecule has 3 N–H and O–H groups in total. The van der Waals surface area contributed by atoms with Crippen LogP contribution >= 0.6 is 33.9 Å². The van der Waals surface area contributed by atoms with Crippen LogP contribution < -0.4 is 11.1 Å². The van der Waals surface area contributed by atoms with Crippen LogP contribution in [-0.4, -0.2) is 34.7 Å². The van der Waals surface area contributed by atoms with Gasteiger partial charge in [-0.1, -0.05) is 0 Å². The molecule has 2 aromatic heterocycles. The molecule has 0 saturated heterocycles. The summed E-state index contributed by atoms with van der Waals surface area (Å²) in [5.41, 5.74) is 6.15. The average molecular weight is 448 g/mol. The van der Waals surface area contributed by atoms with Gasteiger partial charge in [0.05, 0.1) is 27.3 Å². The van der Waals surface area contributed by atoms with Crippen molar-refractivity contribution in [2.24, 2.45) is 12.8 Å². The molecular weight excluding hydrogens is 435 g/mol. The molecule has 0 aliphatic carbocycles. The topological polar surface area (TPSA) is 116 Å². The molecule has 0 aliphatic rings. The van der Waals surface area contributed by atoms with Gasteiger partial charge in [-0.3, -0.25) is 14.3 Å². The fourth-order valence-corrected chi connectivity index (χ4v) is 3.77. The Morgan fingerprint density at radius 1 is 1.43 bits per heavy atom. The zero-order valence-electron chi connectivity index (χ0n) is 12.5. The van der Waals surface area contributed by atoms with Crippen LogP contribution in [0.3, 0.4) is 0 Å². The highest BCUT2D eigenvalue weighted by molar-refractivity contribution is 14.1. The number of aromatic nitrogens is 2. The Bertz CT molecular complexity index is 792. The monoisotopic (exact) mass is 448 g/mol. The Kier molecular flexibility index (Phi) is 5.04. The van der Waals surface area contributed by atoms with Crippen molar-refractivity contribution in [2.45, 2.75) is 6.92 Å². The number of primary amides is 1. The van der Waals surface area contributed by atoms with Crippen molar-refractivity contribution < 1.29 is 19.1 Å². The van der Waals surface area contributed by atoms with Crippen LogP contribution in [0.4, 0.5) is 5.00 Å². The molecule has 0 radical (unpaired) electrons. The minimum absolute atomic E-state index is 0.122. The van der Waals surface area contributed by atoms with E-state index in [-0.39, 0.29) is 15.4 Å². The van der Waals surface area contributed by atoms with Crippen LogP contribution in [0.15, 0.2) is 6.20 Å². The Morgan fingerprint density at radius 3 is 2.57 bits per heavy atom. The van der Waals surface area contributed by atoms with Crippen molar-refractivity contribution in [2.75, 3.05) is 12.4 Å². The maximum atomic E-state index is 12.4. The van der Waals surface area contributed by atoms with Crippen LogP contribution in [-0.2, 0) is 11.8 Å². The van der Waals surface area contributed by atoms with Gasteiger partial charge in [0.25, 0.3) is 11.8 Å². The lowest BCUT2D eigenvalue weighted by atomic mass is 10.1. The number of esters is 1. The van der Waals surface area contributed by atoms with Gasteiger partial charge in [-0.2, -0.15) is 5.10 Å². The zero-order chi connectivity index (χ0) is 17.3. The molecule has 0 aromatic carbocycles. The number of amides is 2. The first-order valence-corrected chi connectivity index (χ1v) is 8.17. The lowest BCUT2D eigenvalue weighted by molar-refractivity contribution is 0.0601. The molecule has 2 heterocycles. The summed E-state index contributed by atoms with van der Waals surface area (Å²) in [5, 5.41) is 6.83. The van der Waals surface area contributed by atoms with Crippen LogP contribution in [0.2, 0.25) is 0 Å². The molecule has 10 heteroatoms. The standard InChI is InChI=1S/C13H13IN4O4S/c1-5-7(13(21)22-3)12(23-9(5)10(15)19)17-11(20)8-6(14)4-16-18(8)2/h4H,1-3H3,(H2,15,19)(H,17,20). The number of ether oxygens (including phenoxy) is 1. The van der Waals surface area contributed by atoms with Gasteiger partial charge in [-0.05, 0) is 35.1 Å². The smallest absolute Gasteiger partial charge is 0.341 e. The normalized spacial score (nSPS) is 10.4. The van der Waals surface area contributed by atoms with Crippen LogP contribution in [0.1, 0.15) is 36.1 Å². The van der Waals surface area contributed by atoms with Gasteiger partial charge >= 0.3 is 5.97 Å². The van der Waals surface area contributed by atoms with Gasteiger partial charge in [0.15, 0.2) is 0 Å². The fourth-order valence-electron chi connectivity index (χ4n) is 2.01. The Hall–Kier alpha value is -1.95. The summed E-state index contributed by atoms with van der Waals surface area (Å²) in [7, 11) is 2.85. The first-order chi connectivity index (χ1) is 10.8. The van der Waals surface area contributed by atoms with Crippen molar-refractivity contribution in [3.05, 3.63) is 31.5 Å². The Labute approximate surface area is 149 Å². The average Bonchev–Trinajstić information content (AvgIpc) is 2.98. The number of carbonyl (C=O) groups is 3. The van der Waals surface area contributed by atoms with Gasteiger partial charge in [0, 0.05) is 7.05 Å². The zero-order valence-corrected chi connectivity index (χ0v) is 15.4. The predicted molar refractivity (Wildman–Crippen MR) is 92.8 cm³/mol. The fraction of sp³-hybridized carbons (Fsp3) is 0.231. The number of thiophene rings is 1. The summed E-state index contributed by atoms with van der Waals surface area (Å²) in [6, 6.07) is 0. The lowest BCUT2D eigenvalue weighted by Crippen LogP contribution is -2.18. The number of carbonyl (C=O) groups excluding carboxylic acids is 3. The van der Waals surface area contributed by atoms with Gasteiger partial charge in [-0.25, -0.2) is 4.79 Å². The molecular formula is C13H13IN4O4S. The summed E-state index contributed by atoms with van der Waals surface area (Å²) >= 11 is 2.92. The van der Waals surface area contributed by atoms with Gasteiger partial charge in [0.2, 0.25) is 0 Å². The molecule has 0 aliphatic heterocycles. The third-order valence-electron chi connectivity index (χ3n) is 3.10. The van der Waals surface area contributed by atoms with E-state index in [1.807, 2.05) is 22.6 Å². The van der Waals surface area contributed by atoms with E-state index < -0.39 is 17.8 Å². The molecule has 0 unspecified atom stereocenters. The molecule has 2 amide bonds. The Morgan fingerprint density at radius 2 is 2.09 bits per heavy atom. The van der Waals surface area contributed by atoms with E-state index in [0.717, 1.165) is 11.3 Å². The van der Waals surface area contributed by atoms with Crippen molar-refractivity contribution in [3.8, 4) is 0 Å². The molecule has 0 fully saturated rings. The molecule has 122 valence electrons. The number of methoxy groups -OCH3 is 1. The first kappa shape index (κ1) is 17.4. The molecule has 0 bridgehead atoms. The van der Waals surface area contributed by atoms with E-state index in [1.165, 1.54) is 11.8 Å². The highest BCUT2D eigenvalue weighted by Gasteiger charge is 2.26. The number of hydrogen-bond acceptors (Lipinski definition) is 6. The van der Waals surface area contributed by atoms with E-state index in [4.69, 9.17) is 10.5 Å². The SMILES string of the molecule is COC(=O)c1c(NC(=O)c2c(I)cnn2C)sc(C(N)=O)c1C. The summed E-state index contributed by atoms with van der Waals surface area (Å²) in [5.74, 6) is -1.77.